The van der Waals surface area contributed by atoms with E-state index in [9.17, 15) is 30.0 Å². The Labute approximate surface area is 249 Å². The van der Waals surface area contributed by atoms with E-state index in [1.807, 2.05) is 6.07 Å². The molecule has 43 heavy (non-hydrogen) atoms. The molecule has 0 aliphatic rings. The minimum absolute atomic E-state index is 0.111. The van der Waals surface area contributed by atoms with E-state index in [1.54, 1.807) is 48.8 Å². The van der Waals surface area contributed by atoms with Crippen LogP contribution in [-0.4, -0.2) is 87.9 Å². The summed E-state index contributed by atoms with van der Waals surface area (Å²) < 4.78 is 12.6. The number of ether oxygens (including phenoxy) is 2. The van der Waals surface area contributed by atoms with Crippen molar-refractivity contribution in [3.8, 4) is 12.3 Å². The molecule has 15 heteroatoms. The smallest absolute Gasteiger partial charge is 0.348 e. The molecule has 0 unspecified atom stereocenters. The summed E-state index contributed by atoms with van der Waals surface area (Å²) in [5.41, 5.74) is -1.09. The van der Waals surface area contributed by atoms with Crippen LogP contribution >= 0.6 is 11.6 Å². The number of imidazole rings is 1. The van der Waals surface area contributed by atoms with Gasteiger partial charge in [0.2, 0.25) is 5.28 Å². The van der Waals surface area contributed by atoms with Gasteiger partial charge in [0.05, 0.1) is 19.5 Å². The number of anilines is 1. The summed E-state index contributed by atoms with van der Waals surface area (Å²) in [5.74, 6) is -1.10. The van der Waals surface area contributed by atoms with Crippen LogP contribution in [0.2, 0.25) is 5.28 Å². The SMILES string of the molecule is C#C[C@@H](O)[C@@H](O[C@@H](CO)COC(Cc1ccccc1)(C(=O)O)C(=O)O)n1cnc2c(NCc3cccnc3)nc(Cl)nc21. The number of benzene rings is 1. The molecule has 0 saturated carbocycles. The van der Waals surface area contributed by atoms with Crippen LogP contribution in [0, 0.1) is 12.3 Å². The maximum absolute atomic E-state index is 12.2. The number of halogens is 1. The first-order chi connectivity index (χ1) is 20.7. The van der Waals surface area contributed by atoms with Crippen LogP contribution in [0.5, 0.6) is 0 Å². The second kappa shape index (κ2) is 14.0. The minimum Gasteiger partial charge on any atom is -0.479 e. The van der Waals surface area contributed by atoms with Gasteiger partial charge in [-0.05, 0) is 28.8 Å². The summed E-state index contributed by atoms with van der Waals surface area (Å²) in [6, 6.07) is 11.7. The summed E-state index contributed by atoms with van der Waals surface area (Å²) in [5, 5.41) is 43.4. The van der Waals surface area contributed by atoms with Gasteiger partial charge in [0.1, 0.15) is 6.10 Å². The molecule has 3 aromatic heterocycles. The average Bonchev–Trinajstić information content (AvgIpc) is 3.43. The summed E-state index contributed by atoms with van der Waals surface area (Å²) in [7, 11) is 0. The number of pyridine rings is 1. The van der Waals surface area contributed by atoms with E-state index in [1.165, 1.54) is 10.9 Å². The Hall–Kier alpha value is -4.65. The Kier molecular flexibility index (Phi) is 10.2. The highest BCUT2D eigenvalue weighted by Crippen LogP contribution is 2.28. The molecule has 3 atom stereocenters. The van der Waals surface area contributed by atoms with E-state index < -0.39 is 55.6 Å². The average molecular weight is 611 g/mol. The highest BCUT2D eigenvalue weighted by molar-refractivity contribution is 6.28. The lowest BCUT2D eigenvalue weighted by molar-refractivity contribution is -0.195. The predicted octanol–water partition coefficient (Wildman–Crippen LogP) is 1.52. The van der Waals surface area contributed by atoms with Crippen LogP contribution in [0.15, 0.2) is 61.2 Å². The molecule has 4 rings (SSSR count). The van der Waals surface area contributed by atoms with Crippen molar-refractivity contribution in [2.75, 3.05) is 18.5 Å². The van der Waals surface area contributed by atoms with Crippen molar-refractivity contribution in [1.82, 2.24) is 24.5 Å². The molecule has 0 fully saturated rings. The molecule has 5 N–H and O–H groups in total. The number of fused-ring (bicyclic) bond motifs is 1. The Morgan fingerprint density at radius 1 is 1.12 bits per heavy atom. The van der Waals surface area contributed by atoms with Gasteiger partial charge in [0.25, 0.3) is 5.60 Å². The molecule has 3 heterocycles. The van der Waals surface area contributed by atoms with E-state index in [-0.39, 0.29) is 22.3 Å². The number of aromatic nitrogens is 5. The second-order valence-electron chi connectivity index (χ2n) is 9.23. The fourth-order valence-corrected chi connectivity index (χ4v) is 4.29. The lowest BCUT2D eigenvalue weighted by atomic mass is 9.94. The van der Waals surface area contributed by atoms with Crippen molar-refractivity contribution in [2.24, 2.45) is 0 Å². The quantitative estimate of drug-likeness (QED) is 0.0737. The number of aliphatic hydroxyl groups excluding tert-OH is 2. The van der Waals surface area contributed by atoms with Gasteiger partial charge in [-0.25, -0.2) is 14.6 Å². The molecule has 0 bridgehead atoms. The van der Waals surface area contributed by atoms with Gasteiger partial charge in [0, 0.05) is 25.4 Å². The number of aliphatic hydroxyl groups is 2. The lowest BCUT2D eigenvalue weighted by Crippen LogP contribution is -2.52. The molecule has 0 radical (unpaired) electrons. The van der Waals surface area contributed by atoms with E-state index in [0.29, 0.717) is 12.1 Å². The summed E-state index contributed by atoms with van der Waals surface area (Å²) in [6.45, 7) is -1.12. The fourth-order valence-electron chi connectivity index (χ4n) is 4.13. The summed E-state index contributed by atoms with van der Waals surface area (Å²) in [6.07, 6.45) is 5.13. The monoisotopic (exact) mass is 610 g/mol. The zero-order valence-corrected chi connectivity index (χ0v) is 23.2. The van der Waals surface area contributed by atoms with Gasteiger partial charge in [0.15, 0.2) is 29.3 Å². The second-order valence-corrected chi connectivity index (χ2v) is 9.57. The third kappa shape index (κ3) is 7.23. The fraction of sp³-hybridized carbons (Fsp3) is 0.286. The van der Waals surface area contributed by atoms with Crippen molar-refractivity contribution >= 4 is 40.5 Å². The molecule has 4 aromatic rings. The molecule has 224 valence electrons. The van der Waals surface area contributed by atoms with Gasteiger partial charge in [-0.15, -0.1) is 6.42 Å². The highest BCUT2D eigenvalue weighted by atomic mass is 35.5. The highest BCUT2D eigenvalue weighted by Gasteiger charge is 2.49. The van der Waals surface area contributed by atoms with Gasteiger partial charge >= 0.3 is 11.9 Å². The van der Waals surface area contributed by atoms with Crippen molar-refractivity contribution in [3.63, 3.8) is 0 Å². The summed E-state index contributed by atoms with van der Waals surface area (Å²) >= 11 is 6.18. The van der Waals surface area contributed by atoms with Crippen LogP contribution in [0.1, 0.15) is 17.4 Å². The van der Waals surface area contributed by atoms with Crippen LogP contribution < -0.4 is 5.32 Å². The first-order valence-electron chi connectivity index (χ1n) is 12.8. The van der Waals surface area contributed by atoms with E-state index in [2.05, 4.69) is 31.2 Å². The molecule has 1 aromatic carbocycles. The zero-order valence-electron chi connectivity index (χ0n) is 22.4. The van der Waals surface area contributed by atoms with Gasteiger partial charge < -0.3 is 35.2 Å². The largest absolute Gasteiger partial charge is 0.479 e. The third-order valence-corrected chi connectivity index (χ3v) is 6.50. The van der Waals surface area contributed by atoms with Crippen molar-refractivity contribution in [2.45, 2.75) is 37.0 Å². The van der Waals surface area contributed by atoms with Gasteiger partial charge in [-0.3, -0.25) is 9.55 Å². The van der Waals surface area contributed by atoms with Crippen LogP contribution in [0.4, 0.5) is 5.82 Å². The van der Waals surface area contributed by atoms with E-state index in [4.69, 9.17) is 27.5 Å². The number of hydrogen-bond donors (Lipinski definition) is 5. The van der Waals surface area contributed by atoms with Crippen LogP contribution in [0.25, 0.3) is 11.2 Å². The summed E-state index contributed by atoms with van der Waals surface area (Å²) in [4.78, 5) is 41.1. The molecular formula is C28H27ClN6O8. The molecule has 0 saturated heterocycles. The first-order valence-corrected chi connectivity index (χ1v) is 13.1. The third-order valence-electron chi connectivity index (χ3n) is 6.33. The van der Waals surface area contributed by atoms with Crippen LogP contribution in [-0.2, 0) is 32.0 Å². The molecule has 0 aliphatic carbocycles. The van der Waals surface area contributed by atoms with E-state index in [0.717, 1.165) is 5.56 Å². The minimum atomic E-state index is -2.70. The Balaban J connectivity index is 1.59. The van der Waals surface area contributed by atoms with E-state index >= 15 is 0 Å². The molecule has 0 amide bonds. The number of terminal acetylenes is 1. The standard InChI is InChI=1S/C28H27ClN6O8/c1-2-20(37)24(35-16-32-21-22(33-27(29)34-23(21)35)31-13-18-9-6-10-30-12-18)43-19(14-36)15-42-28(25(38)39,26(40)41)11-17-7-4-3-5-8-17/h1,3-10,12,16,19-20,24,36-37H,11,13-15H2,(H,38,39)(H,40,41)(H,31,33,34)/t19-,20+,24+/m0/s1. The normalized spacial score (nSPS) is 13.6. The number of nitrogens with zero attached hydrogens (tertiary/aromatic N) is 5. The topological polar surface area (TPSA) is 202 Å². The molecule has 14 nitrogen and oxygen atoms in total. The molecular weight excluding hydrogens is 584 g/mol. The van der Waals surface area contributed by atoms with Crippen molar-refractivity contribution in [3.05, 3.63) is 77.6 Å². The van der Waals surface area contributed by atoms with Crippen molar-refractivity contribution in [1.29, 1.82) is 0 Å². The maximum Gasteiger partial charge on any atom is 0.348 e. The van der Waals surface area contributed by atoms with Crippen LogP contribution in [0.3, 0.4) is 0 Å². The Bertz CT molecular complexity index is 1580. The molecule has 0 aliphatic heterocycles. The predicted molar refractivity (Wildman–Crippen MR) is 152 cm³/mol. The molecule has 0 spiro atoms. The number of rotatable bonds is 15. The first kappa shape index (κ1) is 31.3. The number of aliphatic carboxylic acids is 2. The number of nitrogens with one attached hydrogen (secondary N) is 1. The van der Waals surface area contributed by atoms with Crippen molar-refractivity contribution < 1.29 is 39.5 Å². The zero-order chi connectivity index (χ0) is 31.0. The number of carboxylic acids is 2. The number of hydrogen-bond acceptors (Lipinski definition) is 11. The Morgan fingerprint density at radius 3 is 2.47 bits per heavy atom. The lowest BCUT2D eigenvalue weighted by Gasteiger charge is -2.30. The maximum atomic E-state index is 12.2. The van der Waals surface area contributed by atoms with Gasteiger partial charge in [-0.2, -0.15) is 9.97 Å². The number of carbonyl (C=O) groups is 2. The number of carboxylic acid groups (broad SMARTS) is 2. The van der Waals surface area contributed by atoms with Gasteiger partial charge in [-0.1, -0.05) is 42.3 Å². The Morgan fingerprint density at radius 2 is 1.84 bits per heavy atom.